The van der Waals surface area contributed by atoms with E-state index < -0.39 is 0 Å². The molecule has 0 aliphatic carbocycles. The summed E-state index contributed by atoms with van der Waals surface area (Å²) in [6.45, 7) is 1.41. The molecule has 1 amide bonds. The van der Waals surface area contributed by atoms with Crippen molar-refractivity contribution < 1.29 is 14.3 Å². The normalized spacial score (nSPS) is 17.6. The molecular formula is C16H24N2O3S. The molecule has 1 saturated heterocycles. The van der Waals surface area contributed by atoms with Crippen molar-refractivity contribution in [3.63, 3.8) is 0 Å². The van der Waals surface area contributed by atoms with E-state index >= 15 is 0 Å². The van der Waals surface area contributed by atoms with Crippen LogP contribution in [0.3, 0.4) is 0 Å². The first-order valence-corrected chi connectivity index (χ1v) is 8.52. The van der Waals surface area contributed by atoms with Gasteiger partial charge in [0, 0.05) is 36.2 Å². The van der Waals surface area contributed by atoms with E-state index in [0.29, 0.717) is 24.5 Å². The Morgan fingerprint density at radius 1 is 1.36 bits per heavy atom. The van der Waals surface area contributed by atoms with Gasteiger partial charge in [0.25, 0.3) is 0 Å². The maximum absolute atomic E-state index is 12.2. The van der Waals surface area contributed by atoms with Gasteiger partial charge in [-0.1, -0.05) is 0 Å². The Kier molecular flexibility index (Phi) is 6.39. The molecule has 5 nitrogen and oxygen atoms in total. The minimum Gasteiger partial charge on any atom is -0.493 e. The van der Waals surface area contributed by atoms with Crippen LogP contribution in [0.1, 0.15) is 19.3 Å². The fraction of sp³-hybridized carbons (Fsp3) is 0.562. The molecular weight excluding hydrogens is 300 g/mol. The molecule has 0 bridgehead atoms. The minimum absolute atomic E-state index is 0.209. The van der Waals surface area contributed by atoms with Crippen LogP contribution in [0.4, 0.5) is 0 Å². The average Bonchev–Trinajstić information content (AvgIpc) is 3.03. The van der Waals surface area contributed by atoms with Gasteiger partial charge in [-0.05, 0) is 31.0 Å². The van der Waals surface area contributed by atoms with Crippen LogP contribution in [0.2, 0.25) is 0 Å². The highest BCUT2D eigenvalue weighted by Crippen LogP contribution is 2.32. The lowest BCUT2D eigenvalue weighted by Gasteiger charge is -2.23. The van der Waals surface area contributed by atoms with Crippen molar-refractivity contribution in [1.29, 1.82) is 0 Å². The first kappa shape index (κ1) is 17.0. The number of carbonyl (C=O) groups excluding carboxylic acids is 1. The zero-order valence-corrected chi connectivity index (χ0v) is 14.0. The first-order valence-electron chi connectivity index (χ1n) is 7.54. The van der Waals surface area contributed by atoms with Gasteiger partial charge in [-0.15, -0.1) is 11.8 Å². The predicted molar refractivity (Wildman–Crippen MR) is 88.7 cm³/mol. The third-order valence-corrected chi connectivity index (χ3v) is 4.90. The third-order valence-electron chi connectivity index (χ3n) is 3.91. The van der Waals surface area contributed by atoms with Crippen LogP contribution >= 0.6 is 11.8 Å². The molecule has 1 heterocycles. The van der Waals surface area contributed by atoms with Crippen molar-refractivity contribution in [2.24, 2.45) is 5.73 Å². The summed E-state index contributed by atoms with van der Waals surface area (Å²) in [6.07, 6.45) is 2.64. The van der Waals surface area contributed by atoms with Gasteiger partial charge in [0.2, 0.25) is 5.91 Å². The molecule has 1 fully saturated rings. The monoisotopic (exact) mass is 324 g/mol. The van der Waals surface area contributed by atoms with Crippen LogP contribution in [0.5, 0.6) is 11.5 Å². The topological polar surface area (TPSA) is 64.8 Å². The van der Waals surface area contributed by atoms with Gasteiger partial charge < -0.3 is 20.1 Å². The molecule has 22 heavy (non-hydrogen) atoms. The first-order chi connectivity index (χ1) is 10.7. The summed E-state index contributed by atoms with van der Waals surface area (Å²) in [5.41, 5.74) is 5.72. The number of carbonyl (C=O) groups is 1. The van der Waals surface area contributed by atoms with Gasteiger partial charge in [0.1, 0.15) is 0 Å². The summed E-state index contributed by atoms with van der Waals surface area (Å²) in [5, 5.41) is 0. The maximum Gasteiger partial charge on any atom is 0.223 e. The Balaban J connectivity index is 1.84. The SMILES string of the molecule is COc1ccc(SCCC(=O)N2CCCC2CN)cc1OC. The molecule has 2 N–H and O–H groups in total. The Morgan fingerprint density at radius 3 is 2.82 bits per heavy atom. The molecule has 6 heteroatoms. The third kappa shape index (κ3) is 4.08. The fourth-order valence-corrected chi connectivity index (χ4v) is 3.58. The number of amides is 1. The van der Waals surface area contributed by atoms with Gasteiger partial charge in [-0.25, -0.2) is 0 Å². The second-order valence-corrected chi connectivity index (χ2v) is 6.40. The zero-order valence-electron chi connectivity index (χ0n) is 13.2. The van der Waals surface area contributed by atoms with Crippen LogP contribution in [-0.4, -0.2) is 49.9 Å². The minimum atomic E-state index is 0.209. The number of rotatable bonds is 7. The molecule has 0 spiro atoms. The number of nitrogens with zero attached hydrogens (tertiary/aromatic N) is 1. The highest BCUT2D eigenvalue weighted by atomic mass is 32.2. The van der Waals surface area contributed by atoms with E-state index in [1.54, 1.807) is 26.0 Å². The number of thioether (sulfide) groups is 1. The molecule has 2 rings (SSSR count). The number of ether oxygens (including phenoxy) is 2. The predicted octanol–water partition coefficient (Wildman–Crippen LogP) is 2.14. The largest absolute Gasteiger partial charge is 0.493 e. The standard InChI is InChI=1S/C16H24N2O3S/c1-20-14-6-5-13(10-15(14)21-2)22-9-7-16(19)18-8-3-4-12(18)11-17/h5-6,10,12H,3-4,7-9,11,17H2,1-2H3. The second-order valence-electron chi connectivity index (χ2n) is 5.23. The van der Waals surface area contributed by atoms with Crippen LogP contribution in [-0.2, 0) is 4.79 Å². The van der Waals surface area contributed by atoms with Crippen molar-refractivity contribution in [3.8, 4) is 11.5 Å². The summed E-state index contributed by atoms with van der Waals surface area (Å²) in [5.74, 6) is 2.38. The number of hydrogen-bond acceptors (Lipinski definition) is 5. The number of hydrogen-bond donors (Lipinski definition) is 1. The van der Waals surface area contributed by atoms with Crippen LogP contribution in [0, 0.1) is 0 Å². The summed E-state index contributed by atoms with van der Waals surface area (Å²) in [7, 11) is 3.24. The smallest absolute Gasteiger partial charge is 0.223 e. The molecule has 122 valence electrons. The van der Waals surface area contributed by atoms with Crippen molar-refractivity contribution in [2.45, 2.75) is 30.2 Å². The maximum atomic E-state index is 12.2. The quantitative estimate of drug-likeness (QED) is 0.779. The molecule has 1 aromatic rings. The highest BCUT2D eigenvalue weighted by Gasteiger charge is 2.26. The lowest BCUT2D eigenvalue weighted by molar-refractivity contribution is -0.131. The van der Waals surface area contributed by atoms with E-state index in [1.165, 1.54) is 0 Å². The highest BCUT2D eigenvalue weighted by molar-refractivity contribution is 7.99. The van der Waals surface area contributed by atoms with E-state index in [9.17, 15) is 4.79 Å². The number of methoxy groups -OCH3 is 2. The van der Waals surface area contributed by atoms with Crippen molar-refractivity contribution in [3.05, 3.63) is 18.2 Å². The van der Waals surface area contributed by atoms with Crippen molar-refractivity contribution in [2.75, 3.05) is 33.1 Å². The van der Waals surface area contributed by atoms with Crippen molar-refractivity contribution >= 4 is 17.7 Å². The van der Waals surface area contributed by atoms with Gasteiger partial charge in [-0.3, -0.25) is 4.79 Å². The number of nitrogens with two attached hydrogens (primary N) is 1. The van der Waals surface area contributed by atoms with Gasteiger partial charge >= 0.3 is 0 Å². The van der Waals surface area contributed by atoms with E-state index in [4.69, 9.17) is 15.2 Å². The molecule has 1 aliphatic heterocycles. The summed E-state index contributed by atoms with van der Waals surface area (Å²) in [4.78, 5) is 15.3. The fourth-order valence-electron chi connectivity index (χ4n) is 2.72. The zero-order chi connectivity index (χ0) is 15.9. The van der Waals surface area contributed by atoms with E-state index in [2.05, 4.69) is 0 Å². The van der Waals surface area contributed by atoms with E-state index in [-0.39, 0.29) is 11.9 Å². The van der Waals surface area contributed by atoms with Gasteiger partial charge in [0.15, 0.2) is 11.5 Å². The Morgan fingerprint density at radius 2 is 2.14 bits per heavy atom. The molecule has 0 radical (unpaired) electrons. The molecule has 0 aromatic heterocycles. The Labute approximate surface area is 136 Å². The van der Waals surface area contributed by atoms with Crippen LogP contribution < -0.4 is 15.2 Å². The van der Waals surface area contributed by atoms with Crippen LogP contribution in [0.25, 0.3) is 0 Å². The lowest BCUT2D eigenvalue weighted by Crippen LogP contribution is -2.40. The average molecular weight is 324 g/mol. The van der Waals surface area contributed by atoms with Crippen molar-refractivity contribution in [1.82, 2.24) is 4.90 Å². The van der Waals surface area contributed by atoms with Gasteiger partial charge in [0.05, 0.1) is 14.2 Å². The van der Waals surface area contributed by atoms with E-state index in [1.807, 2.05) is 23.1 Å². The molecule has 1 aliphatic rings. The summed E-state index contributed by atoms with van der Waals surface area (Å²) >= 11 is 1.65. The number of benzene rings is 1. The molecule has 1 aromatic carbocycles. The molecule has 0 saturated carbocycles. The summed E-state index contributed by atoms with van der Waals surface area (Å²) < 4.78 is 10.5. The van der Waals surface area contributed by atoms with Gasteiger partial charge in [-0.2, -0.15) is 0 Å². The second kappa shape index (κ2) is 8.29. The number of likely N-dealkylation sites (tertiary alicyclic amines) is 1. The van der Waals surface area contributed by atoms with E-state index in [0.717, 1.165) is 30.0 Å². The Hall–Kier alpha value is -1.40. The van der Waals surface area contributed by atoms with Crippen LogP contribution in [0.15, 0.2) is 23.1 Å². The molecule has 1 unspecified atom stereocenters. The summed E-state index contributed by atoms with van der Waals surface area (Å²) in [6, 6.07) is 6.04. The molecule has 1 atom stereocenters. The lowest BCUT2D eigenvalue weighted by atomic mass is 10.2. The Bertz CT molecular complexity index is 510.